The van der Waals surface area contributed by atoms with Gasteiger partial charge in [0, 0.05) is 42.1 Å². The number of ether oxygens (including phenoxy) is 1. The third kappa shape index (κ3) is 5.30. The molecule has 2 atom stereocenters. The van der Waals surface area contributed by atoms with Crippen molar-refractivity contribution in [3.63, 3.8) is 0 Å². The lowest BCUT2D eigenvalue weighted by atomic mass is 9.91. The molecule has 0 radical (unpaired) electrons. The number of aromatic nitrogens is 2. The van der Waals surface area contributed by atoms with Gasteiger partial charge in [0.15, 0.2) is 0 Å². The minimum absolute atomic E-state index is 0.0367. The minimum Gasteiger partial charge on any atom is -0.380 e. The van der Waals surface area contributed by atoms with Gasteiger partial charge in [0.25, 0.3) is 5.91 Å². The Labute approximate surface area is 188 Å². The van der Waals surface area contributed by atoms with Crippen molar-refractivity contribution in [2.24, 2.45) is 5.73 Å². The predicted molar refractivity (Wildman–Crippen MR) is 126 cm³/mol. The van der Waals surface area contributed by atoms with Crippen molar-refractivity contribution in [2.75, 3.05) is 12.4 Å². The average Bonchev–Trinajstić information content (AvgIpc) is 2.82. The molecule has 1 aliphatic rings. The zero-order chi connectivity index (χ0) is 22.3. The molecule has 1 saturated carbocycles. The molecule has 1 aromatic heterocycles. The van der Waals surface area contributed by atoms with E-state index in [2.05, 4.69) is 20.6 Å². The topological polar surface area (TPSA) is 102 Å². The monoisotopic (exact) mass is 431 g/mol. The molecule has 4 N–H and O–H groups in total. The predicted octanol–water partition coefficient (Wildman–Crippen LogP) is 4.03. The van der Waals surface area contributed by atoms with Crippen LogP contribution in [0.4, 0.5) is 11.5 Å². The van der Waals surface area contributed by atoms with Crippen molar-refractivity contribution in [3.8, 4) is 11.3 Å². The molecule has 3 aromatic rings. The number of hydrogen-bond donors (Lipinski definition) is 3. The van der Waals surface area contributed by atoms with Gasteiger partial charge in [0.05, 0.1) is 12.3 Å². The Morgan fingerprint density at radius 2 is 1.88 bits per heavy atom. The van der Waals surface area contributed by atoms with Gasteiger partial charge in [-0.15, -0.1) is 0 Å². The number of hydrogen-bond acceptors (Lipinski definition) is 6. The number of carbonyl (C=O) groups is 1. The fourth-order valence-electron chi connectivity index (χ4n) is 4.07. The summed E-state index contributed by atoms with van der Waals surface area (Å²) in [5.74, 6) is 0.588. The molecule has 0 unspecified atom stereocenters. The molecule has 1 aliphatic carbocycles. The molecule has 1 amide bonds. The van der Waals surface area contributed by atoms with E-state index in [0.29, 0.717) is 18.0 Å². The van der Waals surface area contributed by atoms with Gasteiger partial charge in [-0.25, -0.2) is 9.97 Å². The minimum atomic E-state index is -0.0852. The van der Waals surface area contributed by atoms with Crippen LogP contribution in [0.3, 0.4) is 0 Å². The second-order valence-corrected chi connectivity index (χ2v) is 8.11. The van der Waals surface area contributed by atoms with Gasteiger partial charge in [-0.2, -0.15) is 0 Å². The van der Waals surface area contributed by atoms with Crippen LogP contribution in [0.1, 0.15) is 41.6 Å². The summed E-state index contributed by atoms with van der Waals surface area (Å²) < 4.78 is 5.30. The number of nitrogens with two attached hydrogens (primary N) is 1. The first-order valence-electron chi connectivity index (χ1n) is 11.0. The molecule has 7 nitrogen and oxygen atoms in total. The maximum atomic E-state index is 12.6. The maximum Gasteiger partial charge on any atom is 0.251 e. The standard InChI is InChI=1S/C25H29N5O2/c1-32-15-18-6-2-3-7-20(18)23-14-24(28-16-27-23)29-19-12-10-17(11-13-19)25(31)30-22-9-5-4-8-21(22)26/h2-3,6-7,10-14,16,21-22H,4-5,8-9,15,26H2,1H3,(H,30,31)(H,27,28,29)/t21-,22-/m0/s1. The number of amides is 1. The fraction of sp³-hybridized carbons (Fsp3) is 0.320. The van der Waals surface area contributed by atoms with E-state index in [4.69, 9.17) is 10.5 Å². The lowest BCUT2D eigenvalue weighted by Crippen LogP contribution is -2.49. The zero-order valence-electron chi connectivity index (χ0n) is 18.3. The Bertz CT molecular complexity index is 1050. The average molecular weight is 432 g/mol. The highest BCUT2D eigenvalue weighted by molar-refractivity contribution is 5.94. The Balaban J connectivity index is 1.44. The Hall–Kier alpha value is -3.29. The van der Waals surface area contributed by atoms with Crippen LogP contribution in [-0.4, -0.2) is 35.1 Å². The van der Waals surface area contributed by atoms with Crippen molar-refractivity contribution < 1.29 is 9.53 Å². The van der Waals surface area contributed by atoms with Crippen molar-refractivity contribution in [2.45, 2.75) is 44.4 Å². The maximum absolute atomic E-state index is 12.6. The summed E-state index contributed by atoms with van der Waals surface area (Å²) in [6, 6.07) is 17.4. The third-order valence-corrected chi connectivity index (χ3v) is 5.82. The number of nitrogens with one attached hydrogen (secondary N) is 2. The van der Waals surface area contributed by atoms with Gasteiger partial charge in [-0.05, 0) is 42.7 Å². The molecule has 0 bridgehead atoms. The largest absolute Gasteiger partial charge is 0.380 e. The first-order valence-corrected chi connectivity index (χ1v) is 11.0. The van der Waals surface area contributed by atoms with E-state index < -0.39 is 0 Å². The first kappa shape index (κ1) is 21.9. The second kappa shape index (κ2) is 10.3. The van der Waals surface area contributed by atoms with Gasteiger partial charge in [-0.1, -0.05) is 37.1 Å². The van der Waals surface area contributed by atoms with E-state index in [9.17, 15) is 4.79 Å². The van der Waals surface area contributed by atoms with Gasteiger partial charge in [0.2, 0.25) is 0 Å². The van der Waals surface area contributed by atoms with Gasteiger partial charge >= 0.3 is 0 Å². The van der Waals surface area contributed by atoms with Crippen LogP contribution in [0.2, 0.25) is 0 Å². The molecule has 1 heterocycles. The SMILES string of the molecule is COCc1ccccc1-c1cc(Nc2ccc(C(=O)N[C@H]3CCCC[C@@H]3N)cc2)ncn1. The molecule has 0 saturated heterocycles. The van der Waals surface area contributed by atoms with Crippen LogP contribution in [0.5, 0.6) is 0 Å². The van der Waals surface area contributed by atoms with Crippen molar-refractivity contribution >= 4 is 17.4 Å². The summed E-state index contributed by atoms with van der Waals surface area (Å²) in [4.78, 5) is 21.4. The van der Waals surface area contributed by atoms with E-state index in [0.717, 1.165) is 48.2 Å². The molecule has 2 aromatic carbocycles. The molecule has 166 valence electrons. The summed E-state index contributed by atoms with van der Waals surface area (Å²) >= 11 is 0. The van der Waals surface area contributed by atoms with E-state index in [1.807, 2.05) is 54.6 Å². The molecule has 32 heavy (non-hydrogen) atoms. The van der Waals surface area contributed by atoms with Crippen LogP contribution in [0.15, 0.2) is 60.9 Å². The molecule has 4 rings (SSSR count). The number of benzene rings is 2. The Morgan fingerprint density at radius 1 is 1.09 bits per heavy atom. The van der Waals surface area contributed by atoms with E-state index in [-0.39, 0.29) is 18.0 Å². The molecular weight excluding hydrogens is 402 g/mol. The summed E-state index contributed by atoms with van der Waals surface area (Å²) in [6.07, 6.45) is 5.69. The highest BCUT2D eigenvalue weighted by Gasteiger charge is 2.23. The van der Waals surface area contributed by atoms with Crippen LogP contribution >= 0.6 is 0 Å². The van der Waals surface area contributed by atoms with Crippen molar-refractivity contribution in [1.82, 2.24) is 15.3 Å². The molecule has 1 fully saturated rings. The molecular formula is C25H29N5O2. The number of methoxy groups -OCH3 is 1. The van der Waals surface area contributed by atoms with Crippen molar-refractivity contribution in [1.29, 1.82) is 0 Å². The summed E-state index contributed by atoms with van der Waals surface area (Å²) in [6.45, 7) is 0.512. The summed E-state index contributed by atoms with van der Waals surface area (Å²) in [7, 11) is 1.68. The highest BCUT2D eigenvalue weighted by atomic mass is 16.5. The smallest absolute Gasteiger partial charge is 0.251 e. The number of nitrogens with zero attached hydrogens (tertiary/aromatic N) is 2. The number of rotatable bonds is 7. The van der Waals surface area contributed by atoms with Gasteiger partial charge in [0.1, 0.15) is 12.1 Å². The summed E-state index contributed by atoms with van der Waals surface area (Å²) in [5, 5.41) is 6.37. The van der Waals surface area contributed by atoms with Gasteiger partial charge in [-0.3, -0.25) is 4.79 Å². The third-order valence-electron chi connectivity index (χ3n) is 5.82. The van der Waals surface area contributed by atoms with Crippen LogP contribution in [0, 0.1) is 0 Å². The molecule has 0 spiro atoms. The zero-order valence-corrected chi connectivity index (χ0v) is 18.3. The molecule has 0 aliphatic heterocycles. The van der Waals surface area contributed by atoms with Gasteiger partial charge < -0.3 is 21.1 Å². The molecule has 7 heteroatoms. The quantitative estimate of drug-likeness (QED) is 0.522. The highest BCUT2D eigenvalue weighted by Crippen LogP contribution is 2.25. The first-order chi connectivity index (χ1) is 15.6. The van der Waals surface area contributed by atoms with E-state index in [1.165, 1.54) is 6.33 Å². The lowest BCUT2D eigenvalue weighted by molar-refractivity contribution is 0.0921. The Kier molecular flexibility index (Phi) is 7.09. The fourth-order valence-corrected chi connectivity index (χ4v) is 4.07. The second-order valence-electron chi connectivity index (χ2n) is 8.11. The normalized spacial score (nSPS) is 18.2. The van der Waals surface area contributed by atoms with Crippen LogP contribution in [-0.2, 0) is 11.3 Å². The van der Waals surface area contributed by atoms with Crippen LogP contribution in [0.25, 0.3) is 11.3 Å². The van der Waals surface area contributed by atoms with E-state index in [1.54, 1.807) is 7.11 Å². The lowest BCUT2D eigenvalue weighted by Gasteiger charge is -2.29. The summed E-state index contributed by atoms with van der Waals surface area (Å²) in [5.41, 5.74) is 10.5. The van der Waals surface area contributed by atoms with Crippen molar-refractivity contribution in [3.05, 3.63) is 72.1 Å². The number of carbonyl (C=O) groups excluding carboxylic acids is 1. The van der Waals surface area contributed by atoms with Crippen LogP contribution < -0.4 is 16.4 Å². The number of anilines is 2. The Morgan fingerprint density at radius 3 is 2.66 bits per heavy atom. The van der Waals surface area contributed by atoms with E-state index >= 15 is 0 Å².